The molecule has 1 aromatic rings. The van der Waals surface area contributed by atoms with Crippen LogP contribution in [0, 0.1) is 0 Å². The van der Waals surface area contributed by atoms with Crippen LogP contribution in [0.4, 0.5) is 0 Å². The second-order valence-corrected chi connectivity index (χ2v) is 6.39. The van der Waals surface area contributed by atoms with Gasteiger partial charge in [-0.3, -0.25) is 4.79 Å². The molecule has 1 saturated heterocycles. The maximum Gasteiger partial charge on any atom is 0.253 e. The number of rotatable bonds is 8. The van der Waals surface area contributed by atoms with Crippen LogP contribution in [0.15, 0.2) is 29.3 Å². The Morgan fingerprint density at radius 3 is 2.44 bits per heavy atom. The second kappa shape index (κ2) is 12.9. The van der Waals surface area contributed by atoms with E-state index in [9.17, 15) is 4.79 Å². The quantitative estimate of drug-likeness (QED) is 0.336. The molecule has 0 aromatic heterocycles. The van der Waals surface area contributed by atoms with E-state index in [0.717, 1.165) is 62.7 Å². The zero-order chi connectivity index (χ0) is 18.8. The van der Waals surface area contributed by atoms with Crippen LogP contribution in [-0.2, 0) is 11.3 Å². The highest BCUT2D eigenvalue weighted by Gasteiger charge is 2.15. The topological polar surface area (TPSA) is 66.0 Å². The van der Waals surface area contributed by atoms with Gasteiger partial charge in [-0.1, -0.05) is 12.1 Å². The summed E-state index contributed by atoms with van der Waals surface area (Å²) < 4.78 is 5.64. The number of nitrogens with one attached hydrogen (secondary N) is 2. The van der Waals surface area contributed by atoms with E-state index in [4.69, 9.17) is 4.74 Å². The first-order chi connectivity index (χ1) is 12.7. The summed E-state index contributed by atoms with van der Waals surface area (Å²) in [7, 11) is 0. The fraction of sp³-hybridized carbons (Fsp3) is 0.600. The van der Waals surface area contributed by atoms with E-state index >= 15 is 0 Å². The van der Waals surface area contributed by atoms with E-state index in [0.29, 0.717) is 6.54 Å². The maximum absolute atomic E-state index is 12.3. The second-order valence-electron chi connectivity index (χ2n) is 6.39. The van der Waals surface area contributed by atoms with Crippen molar-refractivity contribution in [3.63, 3.8) is 0 Å². The van der Waals surface area contributed by atoms with Crippen molar-refractivity contribution < 1.29 is 9.53 Å². The lowest BCUT2D eigenvalue weighted by Crippen LogP contribution is -2.41. The summed E-state index contributed by atoms with van der Waals surface area (Å²) in [6, 6.07) is 7.73. The highest BCUT2D eigenvalue weighted by molar-refractivity contribution is 14.0. The Hall–Kier alpha value is -1.35. The standard InChI is InChI=1S/C20H32N4O2.HI/c1-4-21-20(23-15-18-8-7-13-26-18)22-14-16-9-11-17(12-10-16)19(25)24(5-2)6-3;/h9-12,18H,4-8,13-15H2,1-3H3,(H2,21,22,23);1H. The molecule has 0 aliphatic carbocycles. The SMILES string of the molecule is CCNC(=NCc1ccc(C(=O)N(CC)CC)cc1)NCC1CCCO1.I. The van der Waals surface area contributed by atoms with Gasteiger partial charge in [0.15, 0.2) is 5.96 Å². The number of guanidine groups is 1. The third-order valence-corrected chi connectivity index (χ3v) is 4.54. The molecular weight excluding hydrogens is 455 g/mol. The molecule has 0 saturated carbocycles. The van der Waals surface area contributed by atoms with Crippen molar-refractivity contribution >= 4 is 35.8 Å². The van der Waals surface area contributed by atoms with Crippen molar-refractivity contribution in [1.82, 2.24) is 15.5 Å². The molecule has 1 atom stereocenters. The Kier molecular flexibility index (Phi) is 11.3. The summed E-state index contributed by atoms with van der Waals surface area (Å²) in [6.07, 6.45) is 2.52. The van der Waals surface area contributed by atoms with Gasteiger partial charge in [-0.15, -0.1) is 24.0 Å². The van der Waals surface area contributed by atoms with Crippen molar-refractivity contribution in [2.24, 2.45) is 4.99 Å². The van der Waals surface area contributed by atoms with Crippen LogP contribution in [0.3, 0.4) is 0 Å². The lowest BCUT2D eigenvalue weighted by molar-refractivity contribution is 0.0773. The Labute approximate surface area is 180 Å². The molecule has 1 aromatic carbocycles. The molecule has 6 nitrogen and oxygen atoms in total. The first-order valence-corrected chi connectivity index (χ1v) is 9.69. The van der Waals surface area contributed by atoms with Gasteiger partial charge >= 0.3 is 0 Å². The number of ether oxygens (including phenoxy) is 1. The van der Waals surface area contributed by atoms with Gasteiger partial charge in [-0.25, -0.2) is 4.99 Å². The fourth-order valence-electron chi connectivity index (χ4n) is 2.97. The van der Waals surface area contributed by atoms with Crippen LogP contribution in [-0.4, -0.2) is 55.7 Å². The summed E-state index contributed by atoms with van der Waals surface area (Å²) in [5.74, 6) is 0.878. The zero-order valence-electron chi connectivity index (χ0n) is 16.7. The molecule has 1 fully saturated rings. The van der Waals surface area contributed by atoms with Crippen molar-refractivity contribution in [1.29, 1.82) is 0 Å². The predicted octanol–water partition coefficient (Wildman–Crippen LogP) is 3.02. The number of carbonyl (C=O) groups excluding carboxylic acids is 1. The Balaban J connectivity index is 0.00000364. The molecule has 2 rings (SSSR count). The van der Waals surface area contributed by atoms with Gasteiger partial charge in [0.1, 0.15) is 0 Å². The average molecular weight is 488 g/mol. The number of hydrogen-bond donors (Lipinski definition) is 2. The predicted molar refractivity (Wildman–Crippen MR) is 121 cm³/mol. The van der Waals surface area contributed by atoms with Crippen LogP contribution in [0.2, 0.25) is 0 Å². The number of halogens is 1. The summed E-state index contributed by atoms with van der Waals surface area (Å²) >= 11 is 0. The van der Waals surface area contributed by atoms with E-state index in [1.807, 2.05) is 43.0 Å². The Morgan fingerprint density at radius 2 is 1.89 bits per heavy atom. The third kappa shape index (κ3) is 7.65. The molecule has 1 aliphatic rings. The van der Waals surface area contributed by atoms with Gasteiger partial charge < -0.3 is 20.3 Å². The van der Waals surface area contributed by atoms with Gasteiger partial charge in [-0.2, -0.15) is 0 Å². The molecule has 152 valence electrons. The normalized spacial score (nSPS) is 16.6. The monoisotopic (exact) mass is 488 g/mol. The molecule has 1 heterocycles. The minimum atomic E-state index is 0. The van der Waals surface area contributed by atoms with Crippen molar-refractivity contribution in [2.45, 2.75) is 46.3 Å². The number of hydrogen-bond acceptors (Lipinski definition) is 3. The largest absolute Gasteiger partial charge is 0.376 e. The fourth-order valence-corrected chi connectivity index (χ4v) is 2.97. The van der Waals surface area contributed by atoms with Gasteiger partial charge in [-0.05, 0) is 51.3 Å². The number of amides is 1. The van der Waals surface area contributed by atoms with E-state index in [2.05, 4.69) is 22.5 Å². The van der Waals surface area contributed by atoms with Crippen molar-refractivity contribution in [3.05, 3.63) is 35.4 Å². The molecule has 1 aliphatic heterocycles. The zero-order valence-corrected chi connectivity index (χ0v) is 19.0. The van der Waals surface area contributed by atoms with E-state index in [1.54, 1.807) is 0 Å². The minimum absolute atomic E-state index is 0. The van der Waals surface area contributed by atoms with E-state index in [1.165, 1.54) is 0 Å². The lowest BCUT2D eigenvalue weighted by atomic mass is 10.1. The number of aliphatic imine (C=N–C) groups is 1. The molecule has 0 spiro atoms. The van der Waals surface area contributed by atoms with Crippen LogP contribution in [0.5, 0.6) is 0 Å². The Bertz CT molecular complexity index is 582. The smallest absolute Gasteiger partial charge is 0.253 e. The lowest BCUT2D eigenvalue weighted by Gasteiger charge is -2.18. The molecule has 0 radical (unpaired) electrons. The summed E-state index contributed by atoms with van der Waals surface area (Å²) in [5.41, 5.74) is 1.81. The molecular formula is C20H33IN4O2. The van der Waals surface area contributed by atoms with Gasteiger partial charge in [0.25, 0.3) is 5.91 Å². The molecule has 27 heavy (non-hydrogen) atoms. The van der Waals surface area contributed by atoms with Crippen LogP contribution in [0.1, 0.15) is 49.5 Å². The minimum Gasteiger partial charge on any atom is -0.376 e. The van der Waals surface area contributed by atoms with Crippen LogP contribution >= 0.6 is 24.0 Å². The molecule has 7 heteroatoms. The number of carbonyl (C=O) groups is 1. The van der Waals surface area contributed by atoms with E-state index < -0.39 is 0 Å². The third-order valence-electron chi connectivity index (χ3n) is 4.54. The number of nitrogens with zero attached hydrogens (tertiary/aromatic N) is 2. The van der Waals surface area contributed by atoms with Crippen molar-refractivity contribution in [2.75, 3.05) is 32.8 Å². The Morgan fingerprint density at radius 1 is 1.19 bits per heavy atom. The summed E-state index contributed by atoms with van der Waals surface area (Å²) in [5, 5.41) is 6.60. The molecule has 1 amide bonds. The van der Waals surface area contributed by atoms with Crippen LogP contribution < -0.4 is 10.6 Å². The number of benzene rings is 1. The molecule has 1 unspecified atom stereocenters. The van der Waals surface area contributed by atoms with Crippen molar-refractivity contribution in [3.8, 4) is 0 Å². The van der Waals surface area contributed by atoms with Gasteiger partial charge in [0.2, 0.25) is 0 Å². The van der Waals surface area contributed by atoms with Crippen LogP contribution in [0.25, 0.3) is 0 Å². The highest BCUT2D eigenvalue weighted by atomic mass is 127. The maximum atomic E-state index is 12.3. The first-order valence-electron chi connectivity index (χ1n) is 9.69. The van der Waals surface area contributed by atoms with E-state index in [-0.39, 0.29) is 36.0 Å². The van der Waals surface area contributed by atoms with Gasteiger partial charge in [0, 0.05) is 38.3 Å². The molecule has 0 bridgehead atoms. The summed E-state index contributed by atoms with van der Waals surface area (Å²) in [6.45, 7) is 10.5. The summed E-state index contributed by atoms with van der Waals surface area (Å²) in [4.78, 5) is 18.8. The highest BCUT2D eigenvalue weighted by Crippen LogP contribution is 2.11. The molecule has 2 N–H and O–H groups in total. The average Bonchev–Trinajstić information content (AvgIpc) is 3.19. The van der Waals surface area contributed by atoms with Gasteiger partial charge in [0.05, 0.1) is 12.6 Å². The first kappa shape index (κ1) is 23.7.